The van der Waals surface area contributed by atoms with E-state index in [-0.39, 0.29) is 5.75 Å². The van der Waals surface area contributed by atoms with E-state index < -0.39 is 23.1 Å². The SMILES string of the molecule is COC(=O)C(Cl)Oc1ccc(C)c(OC(Cl)C(=O)OC)c1. The summed E-state index contributed by atoms with van der Waals surface area (Å²) in [5.74, 6) is -0.905. The van der Waals surface area contributed by atoms with Crippen LogP contribution in [-0.2, 0) is 19.1 Å². The van der Waals surface area contributed by atoms with Crippen molar-refractivity contribution in [2.24, 2.45) is 0 Å². The van der Waals surface area contributed by atoms with Gasteiger partial charge in [-0.3, -0.25) is 0 Å². The van der Waals surface area contributed by atoms with Crippen LogP contribution in [0.2, 0.25) is 0 Å². The lowest BCUT2D eigenvalue weighted by molar-refractivity contribution is -0.145. The molecule has 0 aliphatic rings. The highest BCUT2D eigenvalue weighted by Crippen LogP contribution is 2.27. The summed E-state index contributed by atoms with van der Waals surface area (Å²) >= 11 is 11.4. The standard InChI is InChI=1S/C13H14Cl2O6/c1-7-4-5-8(20-10(14)12(16)18-2)6-9(7)21-11(15)13(17)19-3/h4-6,10-11H,1-3H3. The van der Waals surface area contributed by atoms with Gasteiger partial charge in [-0.25, -0.2) is 9.59 Å². The topological polar surface area (TPSA) is 71.1 Å². The maximum atomic E-state index is 11.2. The molecule has 6 nitrogen and oxygen atoms in total. The number of hydrogen-bond donors (Lipinski definition) is 0. The largest absolute Gasteiger partial charge is 0.465 e. The summed E-state index contributed by atoms with van der Waals surface area (Å²) in [5, 5.41) is 0. The molecule has 8 heteroatoms. The predicted octanol–water partition coefficient (Wildman–Crippen LogP) is 2.23. The monoisotopic (exact) mass is 336 g/mol. The summed E-state index contributed by atoms with van der Waals surface area (Å²) < 4.78 is 19.3. The Morgan fingerprint density at radius 3 is 2.05 bits per heavy atom. The zero-order valence-corrected chi connectivity index (χ0v) is 13.1. The van der Waals surface area contributed by atoms with Crippen LogP contribution in [0.4, 0.5) is 0 Å². The van der Waals surface area contributed by atoms with Crippen LogP contribution >= 0.6 is 23.2 Å². The lowest BCUT2D eigenvalue weighted by Gasteiger charge is -2.15. The molecule has 0 radical (unpaired) electrons. The zero-order valence-electron chi connectivity index (χ0n) is 11.6. The zero-order chi connectivity index (χ0) is 16.0. The van der Waals surface area contributed by atoms with E-state index in [9.17, 15) is 9.59 Å². The van der Waals surface area contributed by atoms with Crippen LogP contribution in [0.3, 0.4) is 0 Å². The number of benzene rings is 1. The van der Waals surface area contributed by atoms with Crippen molar-refractivity contribution in [1.29, 1.82) is 0 Å². The van der Waals surface area contributed by atoms with E-state index in [0.29, 0.717) is 11.3 Å². The van der Waals surface area contributed by atoms with Crippen LogP contribution in [0.15, 0.2) is 18.2 Å². The third kappa shape index (κ3) is 4.99. The fourth-order valence-corrected chi connectivity index (χ4v) is 1.67. The average molecular weight is 337 g/mol. The number of alkyl halides is 2. The van der Waals surface area contributed by atoms with E-state index in [1.807, 2.05) is 0 Å². The van der Waals surface area contributed by atoms with Gasteiger partial charge in [-0.2, -0.15) is 0 Å². The molecule has 2 atom stereocenters. The van der Waals surface area contributed by atoms with Crippen molar-refractivity contribution in [2.45, 2.75) is 18.1 Å². The van der Waals surface area contributed by atoms with Crippen molar-refractivity contribution in [2.75, 3.05) is 14.2 Å². The van der Waals surface area contributed by atoms with Crippen molar-refractivity contribution < 1.29 is 28.5 Å². The molecule has 0 aliphatic heterocycles. The highest BCUT2D eigenvalue weighted by Gasteiger charge is 2.21. The molecule has 1 aromatic carbocycles. The maximum Gasteiger partial charge on any atom is 0.363 e. The molecule has 0 amide bonds. The average Bonchev–Trinajstić information content (AvgIpc) is 2.48. The summed E-state index contributed by atoms with van der Waals surface area (Å²) in [6.45, 7) is 1.75. The molecule has 116 valence electrons. The Kier molecular flexibility index (Phi) is 6.58. The van der Waals surface area contributed by atoms with Crippen LogP contribution < -0.4 is 9.47 Å². The summed E-state index contributed by atoms with van der Waals surface area (Å²) in [6.07, 6.45) is 0. The van der Waals surface area contributed by atoms with Gasteiger partial charge in [0.2, 0.25) is 0 Å². The van der Waals surface area contributed by atoms with E-state index in [1.165, 1.54) is 20.3 Å². The van der Waals surface area contributed by atoms with Crippen LogP contribution in [0.5, 0.6) is 11.5 Å². The molecule has 0 N–H and O–H groups in total. The molecule has 0 bridgehead atoms. The van der Waals surface area contributed by atoms with Gasteiger partial charge in [0.25, 0.3) is 11.1 Å². The van der Waals surface area contributed by atoms with Crippen LogP contribution in [0.1, 0.15) is 5.56 Å². The Bertz CT molecular complexity index is 519. The molecule has 0 aliphatic carbocycles. The first-order chi connectivity index (χ1) is 9.88. The lowest BCUT2D eigenvalue weighted by atomic mass is 10.2. The molecule has 21 heavy (non-hydrogen) atoms. The van der Waals surface area contributed by atoms with Crippen molar-refractivity contribution in [1.82, 2.24) is 0 Å². The molecule has 0 spiro atoms. The number of aryl methyl sites for hydroxylation is 1. The van der Waals surface area contributed by atoms with Gasteiger partial charge in [-0.05, 0) is 18.6 Å². The number of esters is 2. The Morgan fingerprint density at radius 1 is 1.00 bits per heavy atom. The molecule has 0 saturated carbocycles. The number of carbonyl (C=O) groups excluding carboxylic acids is 2. The second-order valence-corrected chi connectivity index (χ2v) is 4.63. The first-order valence-electron chi connectivity index (χ1n) is 5.76. The number of rotatable bonds is 6. The minimum absolute atomic E-state index is 0.259. The fraction of sp³-hybridized carbons (Fsp3) is 0.385. The maximum absolute atomic E-state index is 11.2. The molecular formula is C13H14Cl2O6. The van der Waals surface area contributed by atoms with Gasteiger partial charge in [0.1, 0.15) is 11.5 Å². The first kappa shape index (κ1) is 17.4. The predicted molar refractivity (Wildman–Crippen MR) is 75.7 cm³/mol. The van der Waals surface area contributed by atoms with Gasteiger partial charge in [-0.1, -0.05) is 29.3 Å². The van der Waals surface area contributed by atoms with Gasteiger partial charge >= 0.3 is 11.9 Å². The third-order valence-corrected chi connectivity index (χ3v) is 2.94. The van der Waals surface area contributed by atoms with Crippen molar-refractivity contribution in [3.05, 3.63) is 23.8 Å². The van der Waals surface area contributed by atoms with Crippen LogP contribution in [0, 0.1) is 6.92 Å². The van der Waals surface area contributed by atoms with Crippen LogP contribution in [0.25, 0.3) is 0 Å². The minimum atomic E-state index is -1.30. The Balaban J connectivity index is 2.84. The lowest BCUT2D eigenvalue weighted by Crippen LogP contribution is -2.23. The molecule has 0 fully saturated rings. The van der Waals surface area contributed by atoms with Crippen molar-refractivity contribution in [3.63, 3.8) is 0 Å². The normalized spacial score (nSPS) is 13.0. The van der Waals surface area contributed by atoms with Gasteiger partial charge < -0.3 is 18.9 Å². The van der Waals surface area contributed by atoms with Crippen molar-refractivity contribution in [3.8, 4) is 11.5 Å². The van der Waals surface area contributed by atoms with E-state index in [2.05, 4.69) is 9.47 Å². The van der Waals surface area contributed by atoms with E-state index in [4.69, 9.17) is 32.7 Å². The second-order valence-electron chi connectivity index (χ2n) is 3.84. The molecule has 0 aromatic heterocycles. The summed E-state index contributed by atoms with van der Waals surface area (Å²) in [5.41, 5.74) is -1.88. The quantitative estimate of drug-likeness (QED) is 0.586. The highest BCUT2D eigenvalue weighted by molar-refractivity contribution is 6.29. The number of methoxy groups -OCH3 is 2. The molecule has 0 saturated heterocycles. The smallest absolute Gasteiger partial charge is 0.363 e. The van der Waals surface area contributed by atoms with Crippen molar-refractivity contribution >= 4 is 35.1 Å². The van der Waals surface area contributed by atoms with Gasteiger partial charge in [0.15, 0.2) is 0 Å². The number of carbonyl (C=O) groups is 2. The molecule has 1 aromatic rings. The van der Waals surface area contributed by atoms with E-state index in [1.54, 1.807) is 19.1 Å². The second kappa shape index (κ2) is 7.95. The Labute approximate surface area is 131 Å². The third-order valence-electron chi connectivity index (χ3n) is 2.40. The summed E-state index contributed by atoms with van der Waals surface area (Å²) in [4.78, 5) is 22.4. The first-order valence-corrected chi connectivity index (χ1v) is 6.64. The minimum Gasteiger partial charge on any atom is -0.465 e. The molecular weight excluding hydrogens is 323 g/mol. The molecule has 1 rings (SSSR count). The number of ether oxygens (including phenoxy) is 4. The number of halogens is 2. The van der Waals surface area contributed by atoms with Gasteiger partial charge in [0.05, 0.1) is 14.2 Å². The summed E-state index contributed by atoms with van der Waals surface area (Å²) in [7, 11) is 2.39. The van der Waals surface area contributed by atoms with Gasteiger partial charge in [-0.15, -0.1) is 0 Å². The molecule has 0 heterocycles. The number of hydrogen-bond acceptors (Lipinski definition) is 6. The Hall–Kier alpha value is -1.66. The van der Waals surface area contributed by atoms with Gasteiger partial charge in [0, 0.05) is 6.07 Å². The Morgan fingerprint density at radius 2 is 1.52 bits per heavy atom. The van der Waals surface area contributed by atoms with E-state index >= 15 is 0 Å². The highest BCUT2D eigenvalue weighted by atomic mass is 35.5. The fourth-order valence-electron chi connectivity index (χ4n) is 1.29. The van der Waals surface area contributed by atoms with Crippen LogP contribution in [-0.4, -0.2) is 37.3 Å². The van der Waals surface area contributed by atoms with E-state index in [0.717, 1.165) is 0 Å². The summed E-state index contributed by atoms with van der Waals surface area (Å²) in [6, 6.07) is 4.69. The molecule has 2 unspecified atom stereocenters.